The Balaban J connectivity index is 1.86. The summed E-state index contributed by atoms with van der Waals surface area (Å²) in [5.74, 6) is -4.49. The number of ketones is 1. The minimum atomic E-state index is -4.21. The SMILES string of the molecule is Cc1ccccc1S(=O)(=O)NC(=O)C(=O)[C@H]1C(=O)Nc2ccccc21. The molecule has 2 amide bonds. The van der Waals surface area contributed by atoms with Crippen LogP contribution in [0.15, 0.2) is 53.4 Å². The highest BCUT2D eigenvalue weighted by atomic mass is 32.2. The number of benzene rings is 2. The molecule has 8 heteroatoms. The minimum Gasteiger partial charge on any atom is -0.325 e. The Morgan fingerprint density at radius 1 is 1.04 bits per heavy atom. The number of rotatable bonds is 4. The molecule has 25 heavy (non-hydrogen) atoms. The second kappa shape index (κ2) is 6.14. The Bertz CT molecular complexity index is 998. The summed E-state index contributed by atoms with van der Waals surface area (Å²) in [6, 6.07) is 12.5. The second-order valence-electron chi connectivity index (χ2n) is 5.57. The number of carbonyl (C=O) groups is 3. The van der Waals surface area contributed by atoms with Crippen molar-refractivity contribution in [1.29, 1.82) is 0 Å². The molecular weight excluding hydrogens is 344 g/mol. The van der Waals surface area contributed by atoms with Crippen molar-refractivity contribution >= 4 is 33.3 Å². The third-order valence-corrected chi connectivity index (χ3v) is 5.38. The van der Waals surface area contributed by atoms with Crippen molar-refractivity contribution in [3.63, 3.8) is 0 Å². The average Bonchev–Trinajstić information content (AvgIpc) is 2.89. The molecule has 0 aromatic heterocycles. The summed E-state index contributed by atoms with van der Waals surface area (Å²) in [6.45, 7) is 1.57. The van der Waals surface area contributed by atoms with Gasteiger partial charge in [-0.1, -0.05) is 36.4 Å². The van der Waals surface area contributed by atoms with Gasteiger partial charge in [-0.3, -0.25) is 14.4 Å². The Morgan fingerprint density at radius 2 is 1.68 bits per heavy atom. The number of hydrogen-bond donors (Lipinski definition) is 2. The van der Waals surface area contributed by atoms with Crippen LogP contribution in [0, 0.1) is 6.92 Å². The number of sulfonamides is 1. The van der Waals surface area contributed by atoms with Crippen molar-refractivity contribution in [3.05, 3.63) is 59.7 Å². The fourth-order valence-electron chi connectivity index (χ4n) is 2.69. The van der Waals surface area contributed by atoms with Gasteiger partial charge in [0.05, 0.1) is 4.90 Å². The monoisotopic (exact) mass is 358 g/mol. The zero-order chi connectivity index (χ0) is 18.2. The predicted molar refractivity (Wildman–Crippen MR) is 89.3 cm³/mol. The first-order valence-corrected chi connectivity index (χ1v) is 8.86. The molecule has 0 radical (unpaired) electrons. The molecule has 0 saturated heterocycles. The molecule has 128 valence electrons. The van der Waals surface area contributed by atoms with Gasteiger partial charge in [-0.2, -0.15) is 0 Å². The van der Waals surface area contributed by atoms with Gasteiger partial charge < -0.3 is 5.32 Å². The van der Waals surface area contributed by atoms with E-state index in [0.717, 1.165) is 0 Å². The lowest BCUT2D eigenvalue weighted by Crippen LogP contribution is -2.40. The van der Waals surface area contributed by atoms with Gasteiger partial charge in [0.2, 0.25) is 11.7 Å². The molecule has 0 fully saturated rings. The van der Waals surface area contributed by atoms with E-state index in [1.165, 1.54) is 12.1 Å². The van der Waals surface area contributed by atoms with E-state index >= 15 is 0 Å². The quantitative estimate of drug-likeness (QED) is 0.628. The molecule has 1 aliphatic heterocycles. The lowest BCUT2D eigenvalue weighted by molar-refractivity contribution is -0.139. The smallest absolute Gasteiger partial charge is 0.302 e. The van der Waals surface area contributed by atoms with Gasteiger partial charge in [0.25, 0.3) is 10.0 Å². The molecule has 2 N–H and O–H groups in total. The van der Waals surface area contributed by atoms with Crippen molar-refractivity contribution in [2.24, 2.45) is 0 Å². The Morgan fingerprint density at radius 3 is 2.40 bits per heavy atom. The molecule has 0 saturated carbocycles. The largest absolute Gasteiger partial charge is 0.325 e. The van der Waals surface area contributed by atoms with Gasteiger partial charge >= 0.3 is 5.91 Å². The van der Waals surface area contributed by atoms with Crippen molar-refractivity contribution < 1.29 is 22.8 Å². The minimum absolute atomic E-state index is 0.104. The summed E-state index contributed by atoms with van der Waals surface area (Å²) in [4.78, 5) is 36.4. The highest BCUT2D eigenvalue weighted by molar-refractivity contribution is 7.90. The molecule has 0 bridgehead atoms. The molecule has 2 aromatic carbocycles. The lowest BCUT2D eigenvalue weighted by atomic mass is 9.96. The van der Waals surface area contributed by atoms with Gasteiger partial charge in [-0.05, 0) is 30.2 Å². The van der Waals surface area contributed by atoms with E-state index in [1.807, 2.05) is 0 Å². The van der Waals surface area contributed by atoms with Crippen LogP contribution in [0.2, 0.25) is 0 Å². The summed E-state index contributed by atoms with van der Waals surface area (Å²) in [5, 5.41) is 2.50. The molecule has 0 spiro atoms. The van der Waals surface area contributed by atoms with E-state index in [2.05, 4.69) is 5.32 Å². The fourth-order valence-corrected chi connectivity index (χ4v) is 3.89. The van der Waals surface area contributed by atoms with Crippen LogP contribution in [-0.4, -0.2) is 26.0 Å². The summed E-state index contributed by atoms with van der Waals surface area (Å²) in [5.41, 5.74) is 1.21. The maximum atomic E-state index is 12.4. The highest BCUT2D eigenvalue weighted by Crippen LogP contribution is 2.32. The fraction of sp³-hybridized carbons (Fsp3) is 0.118. The van der Waals surface area contributed by atoms with Crippen molar-refractivity contribution in [1.82, 2.24) is 4.72 Å². The number of fused-ring (bicyclic) bond motifs is 1. The van der Waals surface area contributed by atoms with Crippen LogP contribution in [0.5, 0.6) is 0 Å². The number of aryl methyl sites for hydroxylation is 1. The van der Waals surface area contributed by atoms with Crippen molar-refractivity contribution in [2.45, 2.75) is 17.7 Å². The van der Waals surface area contributed by atoms with Crippen LogP contribution in [0.25, 0.3) is 0 Å². The van der Waals surface area contributed by atoms with Crippen LogP contribution < -0.4 is 10.0 Å². The summed E-state index contributed by atoms with van der Waals surface area (Å²) in [6.07, 6.45) is 0. The zero-order valence-corrected chi connectivity index (χ0v) is 14.0. The van der Waals surface area contributed by atoms with E-state index in [0.29, 0.717) is 16.8 Å². The van der Waals surface area contributed by atoms with Crippen LogP contribution in [-0.2, 0) is 24.4 Å². The topological polar surface area (TPSA) is 109 Å². The molecular formula is C17H14N2O5S. The number of para-hydroxylation sites is 1. The number of anilines is 1. The third-order valence-electron chi connectivity index (χ3n) is 3.89. The van der Waals surface area contributed by atoms with E-state index in [1.54, 1.807) is 48.0 Å². The van der Waals surface area contributed by atoms with Gasteiger partial charge in [-0.15, -0.1) is 0 Å². The van der Waals surface area contributed by atoms with E-state index < -0.39 is 33.5 Å². The first-order valence-electron chi connectivity index (χ1n) is 7.37. The van der Waals surface area contributed by atoms with E-state index in [9.17, 15) is 22.8 Å². The molecule has 1 heterocycles. The summed E-state index contributed by atoms with van der Waals surface area (Å²) < 4.78 is 26.4. The summed E-state index contributed by atoms with van der Waals surface area (Å²) >= 11 is 0. The molecule has 0 unspecified atom stereocenters. The molecule has 1 aliphatic rings. The van der Waals surface area contributed by atoms with Crippen molar-refractivity contribution in [3.8, 4) is 0 Å². The number of amides is 2. The molecule has 2 aromatic rings. The Kier molecular flexibility index (Phi) is 4.13. The number of nitrogens with one attached hydrogen (secondary N) is 2. The number of hydrogen-bond acceptors (Lipinski definition) is 5. The molecule has 0 aliphatic carbocycles. The standard InChI is InChI=1S/C17H14N2O5S/c1-10-6-2-5-9-13(10)25(23,24)19-17(22)15(20)14-11-7-3-4-8-12(11)18-16(14)21/h2-9,14H,1H3,(H,18,21)(H,19,22)/t14-/m0/s1. The van der Waals surface area contributed by atoms with Gasteiger partial charge in [0.15, 0.2) is 0 Å². The van der Waals surface area contributed by atoms with Crippen LogP contribution >= 0.6 is 0 Å². The molecule has 1 atom stereocenters. The molecule has 7 nitrogen and oxygen atoms in total. The predicted octanol–water partition coefficient (Wildman–Crippen LogP) is 1.10. The highest BCUT2D eigenvalue weighted by Gasteiger charge is 2.40. The maximum absolute atomic E-state index is 12.4. The zero-order valence-electron chi connectivity index (χ0n) is 13.1. The first-order chi connectivity index (χ1) is 11.8. The summed E-state index contributed by atoms with van der Waals surface area (Å²) in [7, 11) is -4.21. The van der Waals surface area contributed by atoms with Gasteiger partial charge in [0.1, 0.15) is 5.92 Å². The van der Waals surface area contributed by atoms with Crippen molar-refractivity contribution in [2.75, 3.05) is 5.32 Å². The first kappa shape index (κ1) is 16.8. The Hall–Kier alpha value is -3.00. The van der Waals surface area contributed by atoms with Crippen LogP contribution in [0.4, 0.5) is 5.69 Å². The molecule has 3 rings (SSSR count). The van der Waals surface area contributed by atoms with E-state index in [4.69, 9.17) is 0 Å². The lowest BCUT2D eigenvalue weighted by Gasteiger charge is -2.10. The van der Waals surface area contributed by atoms with Gasteiger partial charge in [0, 0.05) is 5.69 Å². The van der Waals surface area contributed by atoms with Gasteiger partial charge in [-0.25, -0.2) is 13.1 Å². The normalized spacial score (nSPS) is 16.0. The van der Waals surface area contributed by atoms with Crippen LogP contribution in [0.1, 0.15) is 17.0 Å². The van der Waals surface area contributed by atoms with E-state index in [-0.39, 0.29) is 4.90 Å². The number of carbonyl (C=O) groups excluding carboxylic acids is 3. The average molecular weight is 358 g/mol. The second-order valence-corrected chi connectivity index (χ2v) is 7.22. The maximum Gasteiger partial charge on any atom is 0.302 e. The van der Waals surface area contributed by atoms with Crippen LogP contribution in [0.3, 0.4) is 0 Å². The Labute approximate surface area is 144 Å². The number of Topliss-reactive ketones (excluding diaryl/α,β-unsaturated/α-hetero) is 1. The third kappa shape index (κ3) is 3.03.